The fourth-order valence-electron chi connectivity index (χ4n) is 7.69. The van der Waals surface area contributed by atoms with Gasteiger partial charge >= 0.3 is 0 Å². The number of fused-ring (bicyclic) bond motifs is 6. The monoisotopic (exact) mass is 655 g/mol. The van der Waals surface area contributed by atoms with Gasteiger partial charge in [-0.15, -0.1) is 0 Å². The maximum absolute atomic E-state index is 6.82. The second kappa shape index (κ2) is 12.0. The zero-order valence-corrected chi connectivity index (χ0v) is 27.8. The van der Waals surface area contributed by atoms with Gasteiger partial charge in [-0.3, -0.25) is 0 Å². The number of aromatic nitrogens is 1. The second-order valence-corrected chi connectivity index (χ2v) is 13.0. The first kappa shape index (κ1) is 29.2. The Morgan fingerprint density at radius 3 is 1.98 bits per heavy atom. The molecule has 8 aromatic carbocycles. The normalized spacial score (nSPS) is 13.6. The molecular weight excluding hydrogens is 623 g/mol. The highest BCUT2D eigenvalue weighted by Crippen LogP contribution is 2.53. The molecular formula is C47H33N3O. The van der Waals surface area contributed by atoms with Gasteiger partial charge in [-0.05, 0) is 59.5 Å². The predicted octanol–water partition coefficient (Wildman–Crippen LogP) is 12.6. The van der Waals surface area contributed by atoms with Crippen molar-refractivity contribution in [1.82, 2.24) is 4.57 Å². The first-order valence-corrected chi connectivity index (χ1v) is 17.4. The third-order valence-corrected chi connectivity index (χ3v) is 9.99. The number of benzene rings is 8. The fourth-order valence-corrected chi connectivity index (χ4v) is 7.69. The largest absolute Gasteiger partial charge is 0.464 e. The van der Waals surface area contributed by atoms with E-state index in [-0.39, 0.29) is 6.23 Å². The molecule has 242 valence electrons. The molecule has 1 atom stereocenters. The highest BCUT2D eigenvalue weighted by Gasteiger charge is 2.32. The Bertz CT molecular complexity index is 2700. The van der Waals surface area contributed by atoms with Crippen LogP contribution in [0.25, 0.3) is 49.4 Å². The van der Waals surface area contributed by atoms with Crippen LogP contribution in [-0.2, 0) is 0 Å². The first-order chi connectivity index (χ1) is 25.3. The Morgan fingerprint density at radius 1 is 0.510 bits per heavy atom. The lowest BCUT2D eigenvalue weighted by atomic mass is 10.00. The van der Waals surface area contributed by atoms with Gasteiger partial charge in [-0.2, -0.15) is 0 Å². The van der Waals surface area contributed by atoms with E-state index in [1.165, 1.54) is 16.3 Å². The number of rotatable bonds is 6. The molecule has 9 aromatic rings. The molecule has 0 amide bonds. The molecule has 0 spiro atoms. The van der Waals surface area contributed by atoms with E-state index in [1.807, 2.05) is 6.07 Å². The summed E-state index contributed by atoms with van der Waals surface area (Å²) in [5.74, 6) is 0.862. The van der Waals surface area contributed by atoms with Gasteiger partial charge in [0, 0.05) is 38.7 Å². The predicted molar refractivity (Wildman–Crippen MR) is 212 cm³/mol. The summed E-state index contributed by atoms with van der Waals surface area (Å²) in [6, 6.07) is 66.8. The lowest BCUT2D eigenvalue weighted by Gasteiger charge is -2.30. The van der Waals surface area contributed by atoms with E-state index >= 15 is 0 Å². The number of nitrogens with one attached hydrogen (secondary N) is 1. The van der Waals surface area contributed by atoms with Crippen molar-refractivity contribution in [3.05, 3.63) is 194 Å². The maximum Gasteiger partial charge on any atom is 0.196 e. The topological polar surface area (TPSA) is 29.4 Å². The summed E-state index contributed by atoms with van der Waals surface area (Å²) < 4.78 is 9.19. The molecule has 0 saturated heterocycles. The molecule has 2 heterocycles. The molecule has 1 aliphatic rings. The van der Waals surface area contributed by atoms with Crippen molar-refractivity contribution < 1.29 is 4.74 Å². The lowest BCUT2D eigenvalue weighted by molar-refractivity contribution is 0.262. The summed E-state index contributed by atoms with van der Waals surface area (Å²) in [6.07, 6.45) is -0.316. The highest BCUT2D eigenvalue weighted by molar-refractivity contribution is 6.11. The van der Waals surface area contributed by atoms with Crippen molar-refractivity contribution in [2.24, 2.45) is 0 Å². The highest BCUT2D eigenvalue weighted by atomic mass is 16.5. The molecule has 0 aliphatic carbocycles. The van der Waals surface area contributed by atoms with Crippen molar-refractivity contribution in [2.45, 2.75) is 6.23 Å². The SMILES string of the molecule is c1ccc(-c2ccccc2N(c2ccc3c(c2)c2ccccc2n3-c2ccccc2)c2cc3ccccc3c3c2NC(c2ccccc2)O3)cc1. The minimum atomic E-state index is -0.316. The van der Waals surface area contributed by atoms with Crippen LogP contribution < -0.4 is 15.0 Å². The Balaban J connectivity index is 1.26. The molecule has 10 rings (SSSR count). The molecule has 1 unspecified atom stereocenters. The van der Waals surface area contributed by atoms with E-state index in [0.717, 1.165) is 67.2 Å². The quantitative estimate of drug-likeness (QED) is 0.193. The lowest BCUT2D eigenvalue weighted by Crippen LogP contribution is -2.14. The third kappa shape index (κ3) is 4.84. The minimum absolute atomic E-state index is 0.316. The summed E-state index contributed by atoms with van der Waals surface area (Å²) in [7, 11) is 0. The van der Waals surface area contributed by atoms with Crippen molar-refractivity contribution >= 4 is 55.3 Å². The Morgan fingerprint density at radius 2 is 1.16 bits per heavy atom. The number of anilines is 4. The Hall–Kier alpha value is -6.78. The van der Waals surface area contributed by atoms with Crippen molar-refractivity contribution in [1.29, 1.82) is 0 Å². The van der Waals surface area contributed by atoms with Gasteiger partial charge in [0.15, 0.2) is 12.0 Å². The average molecular weight is 656 g/mol. The molecule has 51 heavy (non-hydrogen) atoms. The Kier molecular flexibility index (Phi) is 6.85. The third-order valence-electron chi connectivity index (χ3n) is 9.99. The molecule has 0 fully saturated rings. The van der Waals surface area contributed by atoms with Crippen molar-refractivity contribution in [3.8, 4) is 22.6 Å². The van der Waals surface area contributed by atoms with E-state index < -0.39 is 0 Å². The summed E-state index contributed by atoms with van der Waals surface area (Å²) in [6.45, 7) is 0. The standard InChI is InChI=1S/C47H33N3O/c1-4-16-32(17-5-1)37-23-12-14-26-41(37)50(36-28-29-43-40(31-36)39-25-13-15-27-42(39)49(43)35-21-8-3-9-22-35)44-30-34-20-10-11-24-38(34)46-45(44)48-47(51-46)33-18-6-2-7-19-33/h1-31,47-48H. The van der Waals surface area contributed by atoms with Crippen LogP contribution in [0.15, 0.2) is 188 Å². The van der Waals surface area contributed by atoms with Crippen molar-refractivity contribution in [2.75, 3.05) is 10.2 Å². The summed E-state index contributed by atoms with van der Waals surface area (Å²) in [4.78, 5) is 2.41. The van der Waals surface area contributed by atoms with Crippen LogP contribution in [0.2, 0.25) is 0 Å². The fraction of sp³-hybridized carbons (Fsp3) is 0.0213. The zero-order valence-electron chi connectivity index (χ0n) is 27.8. The van der Waals surface area contributed by atoms with Crippen LogP contribution in [0.3, 0.4) is 0 Å². The zero-order chi connectivity index (χ0) is 33.7. The van der Waals surface area contributed by atoms with Crippen LogP contribution in [0.5, 0.6) is 5.75 Å². The van der Waals surface area contributed by atoms with Gasteiger partial charge in [0.1, 0.15) is 5.69 Å². The number of para-hydroxylation sites is 3. The van der Waals surface area contributed by atoms with E-state index in [4.69, 9.17) is 4.74 Å². The summed E-state index contributed by atoms with van der Waals surface area (Å²) in [5, 5.41) is 8.42. The molecule has 1 N–H and O–H groups in total. The number of hydrogen-bond donors (Lipinski definition) is 1. The van der Waals surface area contributed by atoms with Crippen molar-refractivity contribution in [3.63, 3.8) is 0 Å². The smallest absolute Gasteiger partial charge is 0.196 e. The van der Waals surface area contributed by atoms with Gasteiger partial charge in [0.2, 0.25) is 0 Å². The molecule has 4 heteroatoms. The second-order valence-electron chi connectivity index (χ2n) is 13.0. The molecule has 0 radical (unpaired) electrons. The van der Waals surface area contributed by atoms with E-state index in [1.54, 1.807) is 0 Å². The van der Waals surface area contributed by atoms with Crippen LogP contribution >= 0.6 is 0 Å². The number of nitrogens with zero attached hydrogens (tertiary/aromatic N) is 2. The van der Waals surface area contributed by atoms with Gasteiger partial charge in [-0.25, -0.2) is 0 Å². The van der Waals surface area contributed by atoms with E-state index in [9.17, 15) is 0 Å². The van der Waals surface area contributed by atoms with Crippen LogP contribution in [0, 0.1) is 0 Å². The molecule has 0 bridgehead atoms. The number of hydrogen-bond acceptors (Lipinski definition) is 3. The van der Waals surface area contributed by atoms with Gasteiger partial charge in [0.05, 0.1) is 22.4 Å². The maximum atomic E-state index is 6.82. The van der Waals surface area contributed by atoms with Crippen LogP contribution in [0.4, 0.5) is 22.7 Å². The van der Waals surface area contributed by atoms with Gasteiger partial charge < -0.3 is 19.5 Å². The first-order valence-electron chi connectivity index (χ1n) is 17.4. The Labute approximate surface area is 296 Å². The van der Waals surface area contributed by atoms with Gasteiger partial charge in [0.25, 0.3) is 0 Å². The minimum Gasteiger partial charge on any atom is -0.464 e. The summed E-state index contributed by atoms with van der Waals surface area (Å²) >= 11 is 0. The van der Waals surface area contributed by atoms with Gasteiger partial charge in [-0.1, -0.05) is 140 Å². The molecule has 1 aliphatic heterocycles. The molecule has 4 nitrogen and oxygen atoms in total. The summed E-state index contributed by atoms with van der Waals surface area (Å²) in [5.41, 5.74) is 11.0. The van der Waals surface area contributed by atoms with Crippen LogP contribution in [-0.4, -0.2) is 4.57 Å². The van der Waals surface area contributed by atoms with Crippen LogP contribution in [0.1, 0.15) is 11.8 Å². The van der Waals surface area contributed by atoms with E-state index in [0.29, 0.717) is 0 Å². The molecule has 1 aromatic heterocycles. The average Bonchev–Trinajstić information content (AvgIpc) is 3.80. The number of ether oxygens (including phenoxy) is 1. The van der Waals surface area contributed by atoms with E-state index in [2.05, 4.69) is 197 Å². The molecule has 0 saturated carbocycles.